The minimum Gasteiger partial charge on any atom is -0.236 e. The van der Waals surface area contributed by atoms with Gasteiger partial charge >= 0.3 is 0 Å². The van der Waals surface area contributed by atoms with Crippen molar-refractivity contribution in [3.63, 3.8) is 0 Å². The summed E-state index contributed by atoms with van der Waals surface area (Å²) in [5, 5.41) is 2.88. The van der Waals surface area contributed by atoms with Crippen LogP contribution >= 0.6 is 27.3 Å². The van der Waals surface area contributed by atoms with Crippen molar-refractivity contribution >= 4 is 27.3 Å². The molecule has 78 valence electrons. The first-order chi connectivity index (χ1) is 7.22. The van der Waals surface area contributed by atoms with Crippen LogP contribution in [0.15, 0.2) is 17.6 Å². The van der Waals surface area contributed by atoms with Gasteiger partial charge in [0.2, 0.25) is 0 Å². The molecule has 0 saturated heterocycles. The maximum Gasteiger partial charge on any atom is 0.169 e. The van der Waals surface area contributed by atoms with Gasteiger partial charge in [-0.2, -0.15) is 0 Å². The van der Waals surface area contributed by atoms with Crippen molar-refractivity contribution < 1.29 is 0 Å². The number of hydrogen-bond acceptors (Lipinski definition) is 3. The van der Waals surface area contributed by atoms with Gasteiger partial charge in [0, 0.05) is 22.8 Å². The highest BCUT2D eigenvalue weighted by Crippen LogP contribution is 2.26. The molecule has 0 fully saturated rings. The van der Waals surface area contributed by atoms with Crippen molar-refractivity contribution in [2.24, 2.45) is 0 Å². The summed E-state index contributed by atoms with van der Waals surface area (Å²) >= 11 is 5.11. The van der Waals surface area contributed by atoms with Gasteiger partial charge in [0.1, 0.15) is 0 Å². The second-order valence-electron chi connectivity index (χ2n) is 3.37. The highest BCUT2D eigenvalue weighted by Gasteiger charge is 2.08. The molecule has 2 aromatic rings. The molecule has 0 N–H and O–H groups in total. The van der Waals surface area contributed by atoms with Gasteiger partial charge < -0.3 is 0 Å². The molecule has 0 spiro atoms. The Hall–Kier alpha value is -0.740. The van der Waals surface area contributed by atoms with E-state index in [4.69, 9.17) is 0 Å². The summed E-state index contributed by atoms with van der Waals surface area (Å²) in [6.45, 7) is 4.10. The van der Waals surface area contributed by atoms with Crippen LogP contribution in [0.1, 0.15) is 16.8 Å². The molecule has 0 saturated carbocycles. The first kappa shape index (κ1) is 10.8. The van der Waals surface area contributed by atoms with Crippen molar-refractivity contribution in [1.82, 2.24) is 9.97 Å². The maximum absolute atomic E-state index is 4.52. The lowest BCUT2D eigenvalue weighted by Crippen LogP contribution is -1.95. The van der Waals surface area contributed by atoms with Crippen LogP contribution < -0.4 is 0 Å². The standard InChI is InChI=1S/C11H11BrN2S/c1-7-3-4-15-10(7)11-13-6-9(5-12)8(2)14-11/h3-4,6H,5H2,1-2H3. The molecule has 2 rings (SSSR count). The van der Waals surface area contributed by atoms with Crippen LogP contribution in [0.5, 0.6) is 0 Å². The fourth-order valence-corrected chi connectivity index (χ4v) is 2.75. The molecule has 0 bridgehead atoms. The van der Waals surface area contributed by atoms with E-state index < -0.39 is 0 Å². The lowest BCUT2D eigenvalue weighted by molar-refractivity contribution is 1.07. The fraction of sp³-hybridized carbons (Fsp3) is 0.273. The Morgan fingerprint density at radius 3 is 2.73 bits per heavy atom. The van der Waals surface area contributed by atoms with Gasteiger partial charge in [0.25, 0.3) is 0 Å². The number of halogens is 1. The summed E-state index contributed by atoms with van der Waals surface area (Å²) in [5.41, 5.74) is 3.43. The lowest BCUT2D eigenvalue weighted by Gasteiger charge is -2.03. The van der Waals surface area contributed by atoms with E-state index in [2.05, 4.69) is 44.3 Å². The third-order valence-corrected chi connectivity index (χ3v) is 3.91. The fourth-order valence-electron chi connectivity index (χ4n) is 1.33. The first-order valence-electron chi connectivity index (χ1n) is 4.65. The Morgan fingerprint density at radius 2 is 2.20 bits per heavy atom. The van der Waals surface area contributed by atoms with E-state index in [0.29, 0.717) is 0 Å². The molecule has 0 aliphatic heterocycles. The number of nitrogens with zero attached hydrogens (tertiary/aromatic N) is 2. The molecule has 15 heavy (non-hydrogen) atoms. The van der Waals surface area contributed by atoms with Crippen molar-refractivity contribution in [2.75, 3.05) is 0 Å². The minimum atomic E-state index is 0.808. The Kier molecular flexibility index (Phi) is 3.17. The molecule has 0 radical (unpaired) electrons. The lowest BCUT2D eigenvalue weighted by atomic mass is 10.2. The predicted octanol–water partition coefficient (Wildman–Crippen LogP) is 3.72. The van der Waals surface area contributed by atoms with Gasteiger partial charge in [-0.3, -0.25) is 0 Å². The molecule has 0 aliphatic carbocycles. The Balaban J connectivity index is 2.47. The van der Waals surface area contributed by atoms with Crippen molar-refractivity contribution in [1.29, 1.82) is 0 Å². The molecule has 0 amide bonds. The topological polar surface area (TPSA) is 25.8 Å². The molecule has 0 unspecified atom stereocenters. The molecule has 2 heterocycles. The average molecular weight is 283 g/mol. The quantitative estimate of drug-likeness (QED) is 0.785. The zero-order valence-electron chi connectivity index (χ0n) is 8.62. The normalized spacial score (nSPS) is 10.6. The molecule has 2 aromatic heterocycles. The van der Waals surface area contributed by atoms with Crippen LogP contribution in [0.4, 0.5) is 0 Å². The minimum absolute atomic E-state index is 0.808. The van der Waals surface area contributed by atoms with Crippen LogP contribution in [0.3, 0.4) is 0 Å². The van der Waals surface area contributed by atoms with Gasteiger partial charge in [-0.25, -0.2) is 9.97 Å². The number of hydrogen-bond donors (Lipinski definition) is 0. The van der Waals surface area contributed by atoms with Crippen molar-refractivity contribution in [3.05, 3.63) is 34.5 Å². The molecule has 0 atom stereocenters. The number of rotatable bonds is 2. The van der Waals surface area contributed by atoms with Gasteiger partial charge in [0.15, 0.2) is 5.82 Å². The van der Waals surface area contributed by atoms with E-state index >= 15 is 0 Å². The van der Waals surface area contributed by atoms with Crippen molar-refractivity contribution in [3.8, 4) is 10.7 Å². The number of aromatic nitrogens is 2. The smallest absolute Gasteiger partial charge is 0.169 e. The summed E-state index contributed by atoms with van der Waals surface area (Å²) in [5.74, 6) is 0.838. The molecular formula is C11H11BrN2S. The highest BCUT2D eigenvalue weighted by atomic mass is 79.9. The summed E-state index contributed by atoms with van der Waals surface area (Å²) in [4.78, 5) is 10.1. The summed E-state index contributed by atoms with van der Waals surface area (Å²) < 4.78 is 0. The maximum atomic E-state index is 4.52. The summed E-state index contributed by atoms with van der Waals surface area (Å²) in [6.07, 6.45) is 1.89. The summed E-state index contributed by atoms with van der Waals surface area (Å²) in [6, 6.07) is 2.09. The summed E-state index contributed by atoms with van der Waals surface area (Å²) in [7, 11) is 0. The monoisotopic (exact) mass is 282 g/mol. The predicted molar refractivity (Wildman–Crippen MR) is 67.5 cm³/mol. The zero-order chi connectivity index (χ0) is 10.8. The largest absolute Gasteiger partial charge is 0.236 e. The zero-order valence-corrected chi connectivity index (χ0v) is 11.0. The van der Waals surface area contributed by atoms with E-state index in [1.165, 1.54) is 10.4 Å². The van der Waals surface area contributed by atoms with E-state index in [1.54, 1.807) is 11.3 Å². The molecule has 2 nitrogen and oxygen atoms in total. The van der Waals surface area contributed by atoms with Crippen LogP contribution in [0.2, 0.25) is 0 Å². The number of aryl methyl sites for hydroxylation is 2. The third-order valence-electron chi connectivity index (χ3n) is 2.29. The van der Waals surface area contributed by atoms with Crippen LogP contribution in [-0.2, 0) is 5.33 Å². The average Bonchev–Trinajstić information content (AvgIpc) is 2.64. The van der Waals surface area contributed by atoms with Gasteiger partial charge in [-0.1, -0.05) is 15.9 Å². The van der Waals surface area contributed by atoms with Crippen LogP contribution in [0, 0.1) is 13.8 Å². The highest BCUT2D eigenvalue weighted by molar-refractivity contribution is 9.08. The third kappa shape index (κ3) is 2.11. The van der Waals surface area contributed by atoms with E-state index in [0.717, 1.165) is 22.4 Å². The van der Waals surface area contributed by atoms with E-state index in [9.17, 15) is 0 Å². The van der Waals surface area contributed by atoms with Crippen molar-refractivity contribution in [2.45, 2.75) is 19.2 Å². The van der Waals surface area contributed by atoms with Gasteiger partial charge in [0.05, 0.1) is 4.88 Å². The van der Waals surface area contributed by atoms with Crippen LogP contribution in [-0.4, -0.2) is 9.97 Å². The van der Waals surface area contributed by atoms with Gasteiger partial charge in [-0.15, -0.1) is 11.3 Å². The number of thiophene rings is 1. The molecular weight excluding hydrogens is 272 g/mol. The second kappa shape index (κ2) is 4.41. The molecule has 0 aliphatic rings. The van der Waals surface area contributed by atoms with Gasteiger partial charge in [-0.05, 0) is 30.9 Å². The van der Waals surface area contributed by atoms with E-state index in [1.807, 2.05) is 13.1 Å². The Morgan fingerprint density at radius 1 is 1.40 bits per heavy atom. The first-order valence-corrected chi connectivity index (χ1v) is 6.65. The van der Waals surface area contributed by atoms with E-state index in [-0.39, 0.29) is 0 Å². The SMILES string of the molecule is Cc1ccsc1-c1ncc(CBr)c(C)n1. The Labute approximate surface area is 102 Å². The number of alkyl halides is 1. The molecule has 4 heteroatoms. The second-order valence-corrected chi connectivity index (χ2v) is 4.85. The Bertz CT molecular complexity index is 479. The van der Waals surface area contributed by atoms with Crippen LogP contribution in [0.25, 0.3) is 10.7 Å². The molecule has 0 aromatic carbocycles.